The lowest BCUT2D eigenvalue weighted by atomic mass is 9.71. The van der Waals surface area contributed by atoms with E-state index in [-0.39, 0.29) is 17.5 Å². The molecular formula is C36H36ClNO4. The molecule has 6 heteroatoms. The van der Waals surface area contributed by atoms with Crippen molar-refractivity contribution in [2.24, 2.45) is 0 Å². The van der Waals surface area contributed by atoms with Gasteiger partial charge >= 0.3 is 0 Å². The molecule has 0 atom stereocenters. The minimum atomic E-state index is -0.389. The van der Waals surface area contributed by atoms with Crippen LogP contribution in [0.15, 0.2) is 95.3 Å². The highest BCUT2D eigenvalue weighted by atomic mass is 35.5. The topological polar surface area (TPSA) is 55.8 Å². The molecule has 6 rings (SSSR count). The van der Waals surface area contributed by atoms with E-state index in [1.165, 1.54) is 5.56 Å². The summed E-state index contributed by atoms with van der Waals surface area (Å²) in [5, 5.41) is 0.650. The highest BCUT2D eigenvalue weighted by Gasteiger charge is 2.43. The van der Waals surface area contributed by atoms with E-state index in [0.29, 0.717) is 42.6 Å². The van der Waals surface area contributed by atoms with Crippen LogP contribution in [0.4, 0.5) is 0 Å². The predicted molar refractivity (Wildman–Crippen MR) is 165 cm³/mol. The number of benzene rings is 3. The molecule has 0 saturated carbocycles. The van der Waals surface area contributed by atoms with Gasteiger partial charge in [0.25, 0.3) is 0 Å². The second-order valence-corrected chi connectivity index (χ2v) is 11.5. The van der Waals surface area contributed by atoms with Crippen molar-refractivity contribution in [1.82, 2.24) is 4.90 Å². The Balaban J connectivity index is 1.39. The number of Topliss-reactive ketones (excluding diaryl/α,β-unsaturated/α-hetero) is 2. The van der Waals surface area contributed by atoms with Gasteiger partial charge in [0.15, 0.2) is 23.1 Å². The molecule has 216 valence electrons. The Morgan fingerprint density at radius 3 is 2.12 bits per heavy atom. The molecule has 1 aliphatic heterocycles. The van der Waals surface area contributed by atoms with Crippen LogP contribution in [-0.4, -0.2) is 29.6 Å². The van der Waals surface area contributed by atoms with Crippen molar-refractivity contribution >= 4 is 23.2 Å². The molecule has 0 radical (unpaired) electrons. The van der Waals surface area contributed by atoms with E-state index in [9.17, 15) is 9.59 Å². The third kappa shape index (κ3) is 5.63. The number of halogens is 1. The summed E-state index contributed by atoms with van der Waals surface area (Å²) in [6.45, 7) is 3.46. The van der Waals surface area contributed by atoms with Crippen molar-refractivity contribution in [3.05, 3.63) is 117 Å². The van der Waals surface area contributed by atoms with E-state index in [2.05, 4.69) is 29.2 Å². The number of allylic oxidation sites excluding steroid dienone is 4. The molecule has 0 N–H and O–H groups in total. The number of ketones is 2. The fourth-order valence-corrected chi connectivity index (χ4v) is 6.76. The minimum absolute atomic E-state index is 0.146. The van der Waals surface area contributed by atoms with Crippen molar-refractivity contribution in [2.75, 3.05) is 13.2 Å². The van der Waals surface area contributed by atoms with E-state index < -0.39 is 0 Å². The number of rotatable bonds is 9. The summed E-state index contributed by atoms with van der Waals surface area (Å²) >= 11 is 6.36. The van der Waals surface area contributed by atoms with Crippen molar-refractivity contribution < 1.29 is 19.1 Å². The fourth-order valence-electron chi connectivity index (χ4n) is 6.57. The number of carbonyl (C=O) groups is 2. The maximum Gasteiger partial charge on any atom is 0.161 e. The molecule has 0 amide bonds. The highest BCUT2D eigenvalue weighted by Crippen LogP contribution is 2.50. The normalized spacial score (nSPS) is 17.3. The van der Waals surface area contributed by atoms with Crippen LogP contribution in [0.25, 0.3) is 0 Å². The molecule has 0 bridgehead atoms. The van der Waals surface area contributed by atoms with Crippen LogP contribution in [0.1, 0.15) is 68.1 Å². The number of nitrogens with zero attached hydrogens (tertiary/aromatic N) is 1. The van der Waals surface area contributed by atoms with E-state index in [1.54, 1.807) is 0 Å². The number of hydrogen-bond donors (Lipinski definition) is 0. The first kappa shape index (κ1) is 28.3. The minimum Gasteiger partial charge on any atom is -0.490 e. The number of hydrogen-bond acceptors (Lipinski definition) is 5. The molecule has 1 heterocycles. The summed E-state index contributed by atoms with van der Waals surface area (Å²) in [6.07, 6.45) is 5.23. The standard InChI is InChI=1S/C36H36ClNO4/c1-2-41-33-22-25(18-19-32(33)42-23-26-12-6-7-13-27(26)37)34-35-28(14-8-16-30(35)39)38(21-20-24-10-4-3-5-11-24)29-15-9-17-31(40)36(29)34/h3-7,10-13,18-19,22,34H,2,8-9,14-17,20-21,23H2,1H3. The third-order valence-corrected chi connectivity index (χ3v) is 8.86. The predicted octanol–water partition coefficient (Wildman–Crippen LogP) is 7.97. The Morgan fingerprint density at radius 1 is 0.786 bits per heavy atom. The quantitative estimate of drug-likeness (QED) is 0.256. The van der Waals surface area contributed by atoms with Gasteiger partial charge in [-0.2, -0.15) is 0 Å². The lowest BCUT2D eigenvalue weighted by molar-refractivity contribution is -0.117. The van der Waals surface area contributed by atoms with E-state index in [4.69, 9.17) is 21.1 Å². The molecule has 3 aliphatic rings. The van der Waals surface area contributed by atoms with Crippen LogP contribution in [0.3, 0.4) is 0 Å². The molecule has 0 unspecified atom stereocenters. The fraction of sp³-hybridized carbons (Fsp3) is 0.333. The van der Waals surface area contributed by atoms with Gasteiger partial charge in [-0.1, -0.05) is 66.2 Å². The molecule has 42 heavy (non-hydrogen) atoms. The van der Waals surface area contributed by atoms with Gasteiger partial charge in [-0.25, -0.2) is 0 Å². The van der Waals surface area contributed by atoms with Gasteiger partial charge in [0.05, 0.1) is 6.61 Å². The summed E-state index contributed by atoms with van der Waals surface area (Å²) in [6, 6.07) is 23.9. The maximum atomic E-state index is 13.7. The van der Waals surface area contributed by atoms with Crippen LogP contribution in [0, 0.1) is 0 Å². The molecule has 0 fully saturated rings. The van der Waals surface area contributed by atoms with Crippen LogP contribution < -0.4 is 9.47 Å². The Kier molecular flexibility index (Phi) is 8.48. The highest BCUT2D eigenvalue weighted by molar-refractivity contribution is 6.31. The van der Waals surface area contributed by atoms with Gasteiger partial charge < -0.3 is 14.4 Å². The first-order valence-electron chi connectivity index (χ1n) is 15.0. The Bertz CT molecular complexity index is 1510. The number of carbonyl (C=O) groups excluding carboxylic acids is 2. The van der Waals surface area contributed by atoms with Crippen molar-refractivity contribution in [1.29, 1.82) is 0 Å². The summed E-state index contributed by atoms with van der Waals surface area (Å²) < 4.78 is 12.2. The van der Waals surface area contributed by atoms with Crippen molar-refractivity contribution in [2.45, 2.75) is 64.4 Å². The molecule has 0 saturated heterocycles. The zero-order valence-corrected chi connectivity index (χ0v) is 24.8. The van der Waals surface area contributed by atoms with E-state index in [1.807, 2.05) is 55.5 Å². The summed E-state index contributed by atoms with van der Waals surface area (Å²) in [5.41, 5.74) is 6.80. The molecular weight excluding hydrogens is 546 g/mol. The van der Waals surface area contributed by atoms with Gasteiger partial charge in [0.2, 0.25) is 0 Å². The first-order valence-corrected chi connectivity index (χ1v) is 15.4. The van der Waals surface area contributed by atoms with Crippen molar-refractivity contribution in [3.8, 4) is 11.5 Å². The Labute approximate surface area is 252 Å². The first-order chi connectivity index (χ1) is 20.5. The van der Waals surface area contributed by atoms with E-state index in [0.717, 1.165) is 72.3 Å². The van der Waals surface area contributed by atoms with E-state index >= 15 is 0 Å². The monoisotopic (exact) mass is 581 g/mol. The molecule has 3 aromatic rings. The number of ether oxygens (including phenoxy) is 2. The molecule has 2 aliphatic carbocycles. The zero-order chi connectivity index (χ0) is 29.1. The van der Waals surface area contributed by atoms with Gasteiger partial charge in [0.1, 0.15) is 6.61 Å². The van der Waals surface area contributed by atoms with Gasteiger partial charge in [-0.3, -0.25) is 9.59 Å². The SMILES string of the molecule is CCOc1cc(C2C3=C(CCCC3=O)N(CCc3ccccc3)C3=C2C(=O)CCC3)ccc1OCc1ccccc1Cl. The average Bonchev–Trinajstić information content (AvgIpc) is 3.00. The van der Waals surface area contributed by atoms with Crippen LogP contribution >= 0.6 is 11.6 Å². The van der Waals surface area contributed by atoms with Crippen LogP contribution in [-0.2, 0) is 22.6 Å². The lowest BCUT2D eigenvalue weighted by Gasteiger charge is -2.44. The largest absolute Gasteiger partial charge is 0.490 e. The van der Waals surface area contributed by atoms with Gasteiger partial charge in [-0.15, -0.1) is 0 Å². The molecule has 5 nitrogen and oxygen atoms in total. The molecule has 0 aromatic heterocycles. The summed E-state index contributed by atoms with van der Waals surface area (Å²) in [4.78, 5) is 29.7. The molecule has 3 aromatic carbocycles. The van der Waals surface area contributed by atoms with Crippen LogP contribution in [0.5, 0.6) is 11.5 Å². The maximum absolute atomic E-state index is 13.7. The zero-order valence-electron chi connectivity index (χ0n) is 24.0. The smallest absolute Gasteiger partial charge is 0.161 e. The second kappa shape index (κ2) is 12.6. The summed E-state index contributed by atoms with van der Waals surface area (Å²) in [5.74, 6) is 1.11. The Hall–Kier alpha value is -3.83. The van der Waals surface area contributed by atoms with Gasteiger partial charge in [-0.05, 0) is 68.4 Å². The summed E-state index contributed by atoms with van der Waals surface area (Å²) in [7, 11) is 0. The average molecular weight is 582 g/mol. The third-order valence-electron chi connectivity index (χ3n) is 8.50. The molecule has 0 spiro atoms. The Morgan fingerprint density at radius 2 is 1.45 bits per heavy atom. The second-order valence-electron chi connectivity index (χ2n) is 11.1. The lowest BCUT2D eigenvalue weighted by Crippen LogP contribution is -2.39. The van der Waals surface area contributed by atoms with Crippen molar-refractivity contribution in [3.63, 3.8) is 0 Å². The van der Waals surface area contributed by atoms with Gasteiger partial charge in [0, 0.05) is 58.4 Å². The van der Waals surface area contributed by atoms with Crippen LogP contribution in [0.2, 0.25) is 5.02 Å².